The van der Waals surface area contributed by atoms with Gasteiger partial charge in [0.2, 0.25) is 11.8 Å². The quantitative estimate of drug-likeness (QED) is 0.430. The van der Waals surface area contributed by atoms with Crippen LogP contribution in [0.25, 0.3) is 0 Å². The van der Waals surface area contributed by atoms with Crippen LogP contribution in [-0.4, -0.2) is 24.1 Å². The number of rotatable bonds is 10. The van der Waals surface area contributed by atoms with Crippen molar-refractivity contribution in [3.05, 3.63) is 59.7 Å². The van der Waals surface area contributed by atoms with E-state index in [0.29, 0.717) is 17.5 Å². The third-order valence-electron chi connectivity index (χ3n) is 6.05. The highest BCUT2D eigenvalue weighted by atomic mass is 32.2. The zero-order valence-corrected chi connectivity index (χ0v) is 19.9. The predicted molar refractivity (Wildman–Crippen MR) is 133 cm³/mol. The molecule has 0 aliphatic heterocycles. The van der Waals surface area contributed by atoms with Gasteiger partial charge in [0, 0.05) is 10.9 Å². The summed E-state index contributed by atoms with van der Waals surface area (Å²) in [6.45, 7) is 4.54. The molecule has 1 fully saturated rings. The van der Waals surface area contributed by atoms with Crippen LogP contribution in [0.4, 0.5) is 5.69 Å². The number of benzene rings is 2. The Morgan fingerprint density at radius 2 is 1.72 bits per heavy atom. The van der Waals surface area contributed by atoms with E-state index in [4.69, 9.17) is 5.73 Å². The molecule has 0 heterocycles. The molecule has 4 N–H and O–H groups in total. The summed E-state index contributed by atoms with van der Waals surface area (Å²) >= 11 is 1.33. The molecule has 1 aliphatic rings. The fraction of sp³-hybridized carbons (Fsp3) is 0.462. The standard InChI is InChI=1S/C26H35N3O2S/c1-18(2)26(21-14-12-20(13-15-21)19-8-4-3-5-9-19)28-16-25(31)29-22-10-6-7-11-23(22)32-17-24(27)30/h6-7,10-15,18-19,26,28H,3-5,8-9,16-17H2,1-2H3,(H2,27,30)(H,29,31). The van der Waals surface area contributed by atoms with E-state index >= 15 is 0 Å². The maximum Gasteiger partial charge on any atom is 0.238 e. The van der Waals surface area contributed by atoms with E-state index in [-0.39, 0.29) is 30.2 Å². The summed E-state index contributed by atoms with van der Waals surface area (Å²) in [5.74, 6) is 0.731. The highest BCUT2D eigenvalue weighted by molar-refractivity contribution is 8.00. The summed E-state index contributed by atoms with van der Waals surface area (Å²) in [4.78, 5) is 24.6. The number of anilines is 1. The molecule has 2 amide bonds. The summed E-state index contributed by atoms with van der Waals surface area (Å²) in [7, 11) is 0. The minimum Gasteiger partial charge on any atom is -0.369 e. The topological polar surface area (TPSA) is 84.2 Å². The number of carbonyl (C=O) groups excluding carboxylic acids is 2. The zero-order valence-electron chi connectivity index (χ0n) is 19.1. The van der Waals surface area contributed by atoms with Gasteiger partial charge in [0.05, 0.1) is 18.0 Å². The summed E-state index contributed by atoms with van der Waals surface area (Å²) in [6, 6.07) is 16.5. The van der Waals surface area contributed by atoms with Gasteiger partial charge >= 0.3 is 0 Å². The van der Waals surface area contributed by atoms with Crippen LogP contribution in [0, 0.1) is 5.92 Å². The molecule has 32 heavy (non-hydrogen) atoms. The smallest absolute Gasteiger partial charge is 0.238 e. The second kappa shape index (κ2) is 12.1. The van der Waals surface area contributed by atoms with Gasteiger partial charge in [-0.3, -0.25) is 9.59 Å². The molecule has 5 nitrogen and oxygen atoms in total. The average molecular weight is 454 g/mol. The maximum atomic E-state index is 12.6. The van der Waals surface area contributed by atoms with Gasteiger partial charge in [0.1, 0.15) is 0 Å². The first-order chi connectivity index (χ1) is 15.4. The van der Waals surface area contributed by atoms with Crippen molar-refractivity contribution in [3.8, 4) is 0 Å². The van der Waals surface area contributed by atoms with Gasteiger partial charge in [-0.15, -0.1) is 11.8 Å². The Hall–Kier alpha value is -2.31. The minimum absolute atomic E-state index is 0.0978. The van der Waals surface area contributed by atoms with E-state index < -0.39 is 0 Å². The minimum atomic E-state index is -0.382. The molecule has 0 bridgehead atoms. The van der Waals surface area contributed by atoms with Gasteiger partial charge in [0.25, 0.3) is 0 Å². The number of nitrogens with two attached hydrogens (primary N) is 1. The largest absolute Gasteiger partial charge is 0.369 e. The monoisotopic (exact) mass is 453 g/mol. The number of nitrogens with one attached hydrogen (secondary N) is 2. The number of thioether (sulfide) groups is 1. The maximum absolute atomic E-state index is 12.6. The molecule has 1 aliphatic carbocycles. The van der Waals surface area contributed by atoms with Crippen molar-refractivity contribution in [3.63, 3.8) is 0 Å². The van der Waals surface area contributed by atoms with Gasteiger partial charge in [-0.1, -0.05) is 69.5 Å². The lowest BCUT2D eigenvalue weighted by Gasteiger charge is -2.25. The van der Waals surface area contributed by atoms with Crippen molar-refractivity contribution in [2.45, 2.75) is 62.8 Å². The third kappa shape index (κ3) is 7.10. The second-order valence-electron chi connectivity index (χ2n) is 8.90. The lowest BCUT2D eigenvalue weighted by molar-refractivity contribution is -0.116. The third-order valence-corrected chi connectivity index (χ3v) is 7.15. The number of carbonyl (C=O) groups is 2. The average Bonchev–Trinajstić information content (AvgIpc) is 2.79. The molecule has 172 valence electrons. The Labute approximate surface area is 195 Å². The van der Waals surface area contributed by atoms with Crippen LogP contribution in [0.2, 0.25) is 0 Å². The van der Waals surface area contributed by atoms with Gasteiger partial charge in [-0.25, -0.2) is 0 Å². The fourth-order valence-electron chi connectivity index (χ4n) is 4.39. The number of para-hydroxylation sites is 1. The predicted octanol–water partition coefficient (Wildman–Crippen LogP) is 5.24. The zero-order chi connectivity index (χ0) is 22.9. The van der Waals surface area contributed by atoms with Crippen molar-refractivity contribution in [2.24, 2.45) is 11.7 Å². The first kappa shape index (κ1) is 24.3. The lowest BCUT2D eigenvalue weighted by atomic mass is 9.83. The molecule has 1 unspecified atom stereocenters. The molecule has 0 saturated heterocycles. The van der Waals surface area contributed by atoms with Crippen molar-refractivity contribution in [2.75, 3.05) is 17.6 Å². The highest BCUT2D eigenvalue weighted by Crippen LogP contribution is 2.33. The molecular weight excluding hydrogens is 418 g/mol. The number of amides is 2. The van der Waals surface area contributed by atoms with E-state index in [1.54, 1.807) is 0 Å². The number of hydrogen-bond acceptors (Lipinski definition) is 4. The fourth-order valence-corrected chi connectivity index (χ4v) is 5.14. The molecular formula is C26H35N3O2S. The van der Waals surface area contributed by atoms with Crippen molar-refractivity contribution in [1.29, 1.82) is 0 Å². The van der Waals surface area contributed by atoms with Crippen LogP contribution in [0.5, 0.6) is 0 Å². The summed E-state index contributed by atoms with van der Waals surface area (Å²) in [6.07, 6.45) is 6.63. The molecule has 1 atom stereocenters. The van der Waals surface area contributed by atoms with E-state index in [2.05, 4.69) is 48.7 Å². The van der Waals surface area contributed by atoms with Gasteiger partial charge in [0.15, 0.2) is 0 Å². The van der Waals surface area contributed by atoms with Crippen molar-refractivity contribution < 1.29 is 9.59 Å². The Morgan fingerprint density at radius 3 is 2.38 bits per heavy atom. The molecule has 3 rings (SSSR count). The van der Waals surface area contributed by atoms with Crippen LogP contribution in [-0.2, 0) is 9.59 Å². The van der Waals surface area contributed by atoms with E-state index in [9.17, 15) is 9.59 Å². The van der Waals surface area contributed by atoms with Gasteiger partial charge in [-0.2, -0.15) is 0 Å². The van der Waals surface area contributed by atoms with Crippen molar-refractivity contribution >= 4 is 29.3 Å². The second-order valence-corrected chi connectivity index (χ2v) is 9.92. The molecule has 0 radical (unpaired) electrons. The first-order valence-electron chi connectivity index (χ1n) is 11.6. The molecule has 6 heteroatoms. The Kier molecular flexibility index (Phi) is 9.18. The number of hydrogen-bond donors (Lipinski definition) is 3. The normalized spacial score (nSPS) is 15.5. The van der Waals surface area contributed by atoms with Gasteiger partial charge < -0.3 is 16.4 Å². The molecule has 1 saturated carbocycles. The van der Waals surface area contributed by atoms with Crippen LogP contribution >= 0.6 is 11.8 Å². The van der Waals surface area contributed by atoms with Crippen LogP contribution < -0.4 is 16.4 Å². The first-order valence-corrected chi connectivity index (χ1v) is 12.6. The molecule has 2 aromatic carbocycles. The summed E-state index contributed by atoms with van der Waals surface area (Å²) in [5.41, 5.74) is 8.60. The van der Waals surface area contributed by atoms with Gasteiger partial charge in [-0.05, 0) is 47.9 Å². The van der Waals surface area contributed by atoms with Crippen LogP contribution in [0.1, 0.15) is 69.0 Å². The van der Waals surface area contributed by atoms with Crippen molar-refractivity contribution in [1.82, 2.24) is 5.32 Å². The Bertz CT molecular complexity index is 892. The molecule has 0 aromatic heterocycles. The summed E-state index contributed by atoms with van der Waals surface area (Å²) in [5, 5.41) is 6.39. The van der Waals surface area contributed by atoms with E-state index in [1.807, 2.05) is 24.3 Å². The Morgan fingerprint density at radius 1 is 1.03 bits per heavy atom. The molecule has 0 spiro atoms. The van der Waals surface area contributed by atoms with E-state index in [1.165, 1.54) is 55.0 Å². The lowest BCUT2D eigenvalue weighted by Crippen LogP contribution is -2.33. The van der Waals surface area contributed by atoms with Crippen LogP contribution in [0.15, 0.2) is 53.4 Å². The number of primary amides is 1. The molecule has 2 aromatic rings. The summed E-state index contributed by atoms with van der Waals surface area (Å²) < 4.78 is 0. The Balaban J connectivity index is 1.59. The van der Waals surface area contributed by atoms with Crippen LogP contribution in [0.3, 0.4) is 0 Å². The SMILES string of the molecule is CC(C)C(NCC(=O)Nc1ccccc1SCC(N)=O)c1ccc(C2CCCCC2)cc1. The van der Waals surface area contributed by atoms with E-state index in [0.717, 1.165) is 4.90 Å². The highest BCUT2D eigenvalue weighted by Gasteiger charge is 2.19.